The van der Waals surface area contributed by atoms with Gasteiger partial charge in [-0.05, 0) is 23.8 Å². The zero-order chi connectivity index (χ0) is 13.7. The van der Waals surface area contributed by atoms with E-state index in [2.05, 4.69) is 17.1 Å². The van der Waals surface area contributed by atoms with Crippen LogP contribution in [0.5, 0.6) is 0 Å². The van der Waals surface area contributed by atoms with Crippen molar-refractivity contribution in [2.45, 2.75) is 12.1 Å². The smallest absolute Gasteiger partial charge is 0.0868 e. The number of nitrogens with zero attached hydrogens (tertiary/aromatic N) is 1. The Labute approximate surface area is 118 Å². The first-order valence-electron chi connectivity index (χ1n) is 6.02. The largest absolute Gasteiger partial charge is 0.319 e. The van der Waals surface area contributed by atoms with E-state index in [4.69, 9.17) is 17.3 Å². The molecule has 1 aromatic rings. The number of rotatable bonds is 4. The average Bonchev–Trinajstić information content (AvgIpc) is 2.43. The van der Waals surface area contributed by atoms with Crippen LogP contribution in [0.4, 0.5) is 0 Å². The quantitative estimate of drug-likeness (QED) is 0.655. The molecular weight excluding hydrogens is 258 g/mol. The molecular formula is C15H16ClN3. The van der Waals surface area contributed by atoms with E-state index in [1.54, 1.807) is 6.08 Å². The first kappa shape index (κ1) is 13.6. The normalized spacial score (nSPS) is 21.4. The van der Waals surface area contributed by atoms with Crippen LogP contribution < -0.4 is 11.2 Å². The van der Waals surface area contributed by atoms with Crippen molar-refractivity contribution in [1.29, 1.82) is 0 Å². The van der Waals surface area contributed by atoms with Crippen molar-refractivity contribution < 1.29 is 0 Å². The van der Waals surface area contributed by atoms with Gasteiger partial charge in [-0.15, -0.1) is 6.58 Å². The monoisotopic (exact) mass is 273 g/mol. The SMILES string of the molecule is C=CC(NN=C1C=CC=CC1N)c1ccc(Cl)cc1. The fourth-order valence-corrected chi connectivity index (χ4v) is 1.86. The molecule has 0 fully saturated rings. The van der Waals surface area contributed by atoms with Gasteiger partial charge in [0, 0.05) is 5.02 Å². The van der Waals surface area contributed by atoms with Crippen molar-refractivity contribution in [2.24, 2.45) is 10.8 Å². The third-order valence-electron chi connectivity index (χ3n) is 2.84. The van der Waals surface area contributed by atoms with Crippen LogP contribution in [0.25, 0.3) is 0 Å². The van der Waals surface area contributed by atoms with Crippen LogP contribution in [0.3, 0.4) is 0 Å². The molecule has 0 aromatic heterocycles. The molecule has 3 N–H and O–H groups in total. The van der Waals surface area contributed by atoms with Gasteiger partial charge in [0.25, 0.3) is 0 Å². The fraction of sp³-hybridized carbons (Fsp3) is 0.133. The maximum atomic E-state index is 5.91. The molecule has 2 atom stereocenters. The topological polar surface area (TPSA) is 50.4 Å². The molecule has 1 aliphatic carbocycles. The summed E-state index contributed by atoms with van der Waals surface area (Å²) in [5.41, 5.74) is 10.8. The number of benzene rings is 1. The molecule has 0 spiro atoms. The van der Waals surface area contributed by atoms with Crippen LogP contribution in [0.15, 0.2) is 66.3 Å². The van der Waals surface area contributed by atoms with Gasteiger partial charge >= 0.3 is 0 Å². The molecule has 0 amide bonds. The van der Waals surface area contributed by atoms with Crippen molar-refractivity contribution >= 4 is 17.3 Å². The minimum atomic E-state index is -0.173. The lowest BCUT2D eigenvalue weighted by atomic mass is 10.1. The van der Waals surface area contributed by atoms with Crippen molar-refractivity contribution in [2.75, 3.05) is 0 Å². The number of hydrogen-bond acceptors (Lipinski definition) is 3. The number of nitrogens with one attached hydrogen (secondary N) is 1. The fourth-order valence-electron chi connectivity index (χ4n) is 1.74. The van der Waals surface area contributed by atoms with E-state index in [0.29, 0.717) is 5.02 Å². The number of hydrazone groups is 1. The van der Waals surface area contributed by atoms with Gasteiger partial charge in [0.2, 0.25) is 0 Å². The Balaban J connectivity index is 2.10. The molecule has 3 nitrogen and oxygen atoms in total. The lowest BCUT2D eigenvalue weighted by Crippen LogP contribution is -2.30. The van der Waals surface area contributed by atoms with E-state index >= 15 is 0 Å². The van der Waals surface area contributed by atoms with Gasteiger partial charge in [0.05, 0.1) is 17.8 Å². The van der Waals surface area contributed by atoms with E-state index < -0.39 is 0 Å². The lowest BCUT2D eigenvalue weighted by molar-refractivity contribution is 0.657. The van der Waals surface area contributed by atoms with E-state index in [0.717, 1.165) is 11.3 Å². The van der Waals surface area contributed by atoms with Gasteiger partial charge in [-0.3, -0.25) is 5.43 Å². The Morgan fingerprint density at radius 3 is 2.68 bits per heavy atom. The first-order chi connectivity index (χ1) is 9.20. The van der Waals surface area contributed by atoms with Crippen LogP contribution >= 0.6 is 11.6 Å². The zero-order valence-corrected chi connectivity index (χ0v) is 11.2. The highest BCUT2D eigenvalue weighted by atomic mass is 35.5. The molecule has 1 aliphatic rings. The van der Waals surface area contributed by atoms with E-state index in [9.17, 15) is 0 Å². The van der Waals surface area contributed by atoms with E-state index in [1.165, 1.54) is 0 Å². The Morgan fingerprint density at radius 2 is 2.05 bits per heavy atom. The van der Waals surface area contributed by atoms with Gasteiger partial charge in [-0.1, -0.05) is 48.0 Å². The summed E-state index contributed by atoms with van der Waals surface area (Å²) in [6.07, 6.45) is 9.40. The molecule has 2 rings (SSSR count). The first-order valence-corrected chi connectivity index (χ1v) is 6.40. The van der Waals surface area contributed by atoms with Crippen LogP contribution in [0.1, 0.15) is 11.6 Å². The number of hydrogen-bond donors (Lipinski definition) is 2. The summed E-state index contributed by atoms with van der Waals surface area (Å²) in [6, 6.07) is 7.33. The molecule has 19 heavy (non-hydrogen) atoms. The van der Waals surface area contributed by atoms with Crippen LogP contribution in [-0.4, -0.2) is 11.8 Å². The van der Waals surface area contributed by atoms with Gasteiger partial charge in [0.15, 0.2) is 0 Å². The summed E-state index contributed by atoms with van der Waals surface area (Å²) in [7, 11) is 0. The van der Waals surface area contributed by atoms with Gasteiger partial charge in [-0.2, -0.15) is 5.10 Å². The molecule has 0 radical (unpaired) electrons. The van der Waals surface area contributed by atoms with Crippen molar-refractivity contribution in [3.8, 4) is 0 Å². The second-order valence-corrected chi connectivity index (χ2v) is 4.64. The molecule has 1 aromatic carbocycles. The van der Waals surface area contributed by atoms with Crippen molar-refractivity contribution in [3.05, 3.63) is 71.8 Å². The molecule has 0 aliphatic heterocycles. The Bertz CT molecular complexity index is 529. The maximum Gasteiger partial charge on any atom is 0.0868 e. The highest BCUT2D eigenvalue weighted by Gasteiger charge is 2.09. The van der Waals surface area contributed by atoms with E-state index in [1.807, 2.05) is 48.6 Å². The lowest BCUT2D eigenvalue weighted by Gasteiger charge is -2.16. The molecule has 2 unspecified atom stereocenters. The van der Waals surface area contributed by atoms with Gasteiger partial charge in [0.1, 0.15) is 0 Å². The average molecular weight is 274 g/mol. The molecule has 0 saturated heterocycles. The van der Waals surface area contributed by atoms with Crippen LogP contribution in [0, 0.1) is 0 Å². The molecule has 0 heterocycles. The third-order valence-corrected chi connectivity index (χ3v) is 3.09. The summed E-state index contributed by atoms with van der Waals surface area (Å²) in [4.78, 5) is 0. The second kappa shape index (κ2) is 6.36. The summed E-state index contributed by atoms with van der Waals surface area (Å²) < 4.78 is 0. The van der Waals surface area contributed by atoms with Crippen molar-refractivity contribution in [1.82, 2.24) is 5.43 Å². The predicted octanol–water partition coefficient (Wildman–Crippen LogP) is 2.97. The molecule has 0 saturated carbocycles. The standard InChI is InChI=1S/C15H16ClN3/c1-2-14(11-7-9-12(16)10-8-11)18-19-15-6-4-3-5-13(15)17/h2-10,13-14,18H,1,17H2. The summed E-state index contributed by atoms with van der Waals surface area (Å²) in [6.45, 7) is 3.81. The minimum absolute atomic E-state index is 0.0729. The van der Waals surface area contributed by atoms with Crippen molar-refractivity contribution in [3.63, 3.8) is 0 Å². The van der Waals surface area contributed by atoms with Gasteiger partial charge in [-0.25, -0.2) is 0 Å². The highest BCUT2D eigenvalue weighted by Crippen LogP contribution is 2.17. The molecule has 0 bridgehead atoms. The zero-order valence-electron chi connectivity index (χ0n) is 10.5. The highest BCUT2D eigenvalue weighted by molar-refractivity contribution is 6.30. The van der Waals surface area contributed by atoms with Gasteiger partial charge < -0.3 is 5.73 Å². The number of nitrogens with two attached hydrogens (primary N) is 1. The number of allylic oxidation sites excluding steroid dienone is 2. The predicted molar refractivity (Wildman–Crippen MR) is 81.2 cm³/mol. The Kier molecular flexibility index (Phi) is 4.55. The number of halogens is 1. The van der Waals surface area contributed by atoms with E-state index in [-0.39, 0.29) is 12.1 Å². The summed E-state index contributed by atoms with van der Waals surface area (Å²) >= 11 is 5.87. The van der Waals surface area contributed by atoms with Crippen LogP contribution in [0.2, 0.25) is 5.02 Å². The molecule has 98 valence electrons. The van der Waals surface area contributed by atoms with Crippen LogP contribution in [-0.2, 0) is 0 Å². The Morgan fingerprint density at radius 1 is 1.32 bits per heavy atom. The molecule has 4 heteroatoms. The minimum Gasteiger partial charge on any atom is -0.319 e. The third kappa shape index (κ3) is 3.56. The Hall–Kier alpha value is -1.84. The summed E-state index contributed by atoms with van der Waals surface area (Å²) in [5.74, 6) is 0. The second-order valence-electron chi connectivity index (χ2n) is 4.20. The maximum absolute atomic E-state index is 5.91. The summed E-state index contributed by atoms with van der Waals surface area (Å²) in [5, 5.41) is 5.04.